The van der Waals surface area contributed by atoms with Crippen LogP contribution in [0.5, 0.6) is 0 Å². The Kier molecular flexibility index (Phi) is 62.7. The van der Waals surface area contributed by atoms with Crippen LogP contribution in [0.2, 0.25) is 0 Å². The number of rotatable bonds is 8. The molecule has 0 saturated carbocycles. The molecule has 0 spiro atoms. The standard InChI is InChI=1S/4C5H12N.Ca.Sr/c4*1-4-5-6(2)3;;/h4*1,4-5H2,2-3H3;;/q4*-1;2*+2. The third-order valence-corrected chi connectivity index (χ3v) is 2.42. The van der Waals surface area contributed by atoms with Crippen molar-refractivity contribution in [2.45, 2.75) is 25.7 Å². The molecule has 4 nitrogen and oxygen atoms in total. The van der Waals surface area contributed by atoms with E-state index >= 15 is 0 Å². The molecule has 6 heteroatoms. The predicted molar refractivity (Wildman–Crippen MR) is 126 cm³/mol. The summed E-state index contributed by atoms with van der Waals surface area (Å²) >= 11 is 0. The van der Waals surface area contributed by atoms with E-state index in [0.717, 1.165) is 51.9 Å². The van der Waals surface area contributed by atoms with Crippen molar-refractivity contribution in [3.63, 3.8) is 0 Å². The van der Waals surface area contributed by atoms with Crippen LogP contribution in [-0.4, -0.2) is 185 Å². The van der Waals surface area contributed by atoms with Gasteiger partial charge in [0.15, 0.2) is 0 Å². The molecule has 0 amide bonds. The SMILES string of the molecule is [CH2-]CCN(C)C.[CH2-]CCN(C)C.[CH2-]CCN(C)C.[CH2-]CCN(C)C.[Ca+2].[Sr+2]. The van der Waals surface area contributed by atoms with Gasteiger partial charge in [-0.2, -0.15) is 25.7 Å². The van der Waals surface area contributed by atoms with Crippen molar-refractivity contribution < 1.29 is 0 Å². The van der Waals surface area contributed by atoms with Gasteiger partial charge in [0, 0.05) is 0 Å². The van der Waals surface area contributed by atoms with E-state index in [4.69, 9.17) is 0 Å². The maximum absolute atomic E-state index is 3.68. The van der Waals surface area contributed by atoms with Gasteiger partial charge in [-0.05, 0) is 82.6 Å². The van der Waals surface area contributed by atoms with Crippen molar-refractivity contribution >= 4 is 83.2 Å². The summed E-state index contributed by atoms with van der Waals surface area (Å²) in [6, 6.07) is 0. The fourth-order valence-electron chi connectivity index (χ4n) is 1.26. The van der Waals surface area contributed by atoms with Crippen molar-refractivity contribution in [3.8, 4) is 0 Å². The predicted octanol–water partition coefficient (Wildman–Crippen LogP) is 2.33. The molecule has 0 aromatic rings. The fourth-order valence-corrected chi connectivity index (χ4v) is 1.26. The van der Waals surface area contributed by atoms with Gasteiger partial charge in [0.25, 0.3) is 0 Å². The van der Waals surface area contributed by atoms with Gasteiger partial charge in [0.1, 0.15) is 0 Å². The van der Waals surface area contributed by atoms with Crippen molar-refractivity contribution in [1.82, 2.24) is 19.6 Å². The summed E-state index contributed by atoms with van der Waals surface area (Å²) in [6.07, 6.45) is 4.03. The summed E-state index contributed by atoms with van der Waals surface area (Å²) in [7, 11) is 16.4. The van der Waals surface area contributed by atoms with E-state index in [-0.39, 0.29) is 83.2 Å². The van der Waals surface area contributed by atoms with Gasteiger partial charge in [-0.1, -0.05) is 0 Å². The Morgan fingerprint density at radius 2 is 0.538 bits per heavy atom. The maximum Gasteiger partial charge on any atom is 2.00 e. The summed E-state index contributed by atoms with van der Waals surface area (Å²) in [5.74, 6) is 0. The Balaban J connectivity index is -0.0000000500. The van der Waals surface area contributed by atoms with E-state index in [1.807, 2.05) is 56.4 Å². The zero-order valence-electron chi connectivity index (χ0n) is 19.7. The Hall–Kier alpha value is 2.58. The zero-order valence-corrected chi connectivity index (χ0v) is 25.4. The van der Waals surface area contributed by atoms with Crippen LogP contribution in [0.1, 0.15) is 25.7 Å². The second-order valence-corrected chi connectivity index (χ2v) is 6.63. The van der Waals surface area contributed by atoms with E-state index in [9.17, 15) is 0 Å². The number of hydrogen-bond donors (Lipinski definition) is 0. The van der Waals surface area contributed by atoms with Gasteiger partial charge in [-0.3, -0.25) is 0 Å². The molecule has 0 bridgehead atoms. The normalized spacial score (nSPS) is 9.23. The van der Waals surface area contributed by atoms with Crippen molar-refractivity contribution in [2.24, 2.45) is 0 Å². The van der Waals surface area contributed by atoms with Crippen LogP contribution < -0.4 is 0 Å². The molecule has 0 fully saturated rings. The summed E-state index contributed by atoms with van der Waals surface area (Å²) in [6.45, 7) is 19.1. The maximum atomic E-state index is 3.68. The smallest absolute Gasteiger partial charge is 0.342 e. The Morgan fingerprint density at radius 1 is 0.423 bits per heavy atom. The molecule has 0 aromatic carbocycles. The van der Waals surface area contributed by atoms with Gasteiger partial charge in [-0.25, -0.2) is 0 Å². The van der Waals surface area contributed by atoms with Gasteiger partial charge < -0.3 is 47.3 Å². The first kappa shape index (κ1) is 42.6. The molecule has 0 rings (SSSR count). The fraction of sp³-hybridized carbons (Fsp3) is 0.800. The van der Waals surface area contributed by atoms with E-state index in [1.165, 1.54) is 0 Å². The minimum atomic E-state index is 0. The van der Waals surface area contributed by atoms with Crippen molar-refractivity contribution in [1.29, 1.82) is 0 Å². The first-order chi connectivity index (χ1) is 11.1. The summed E-state index contributed by atoms with van der Waals surface area (Å²) < 4.78 is 0. The average molecular weight is 472 g/mol. The zero-order chi connectivity index (χ0) is 20.0. The van der Waals surface area contributed by atoms with Gasteiger partial charge in [0.05, 0.1) is 0 Å². The minimum Gasteiger partial charge on any atom is -0.342 e. The molecule has 0 saturated heterocycles. The Morgan fingerprint density at radius 3 is 0.538 bits per heavy atom. The summed E-state index contributed by atoms with van der Waals surface area (Å²) in [4.78, 5) is 8.47. The van der Waals surface area contributed by atoms with Crippen LogP contribution in [0.15, 0.2) is 0 Å². The van der Waals surface area contributed by atoms with Crippen LogP contribution in [0.4, 0.5) is 0 Å². The largest absolute Gasteiger partial charge is 2.00 e. The molecule has 0 aromatic heterocycles. The molecular weight excluding hydrogens is 424 g/mol. The molecule has 0 radical (unpaired) electrons. The minimum absolute atomic E-state index is 0. The van der Waals surface area contributed by atoms with Crippen LogP contribution in [0.25, 0.3) is 0 Å². The topological polar surface area (TPSA) is 13.0 Å². The van der Waals surface area contributed by atoms with Crippen LogP contribution in [-0.2, 0) is 0 Å². The first-order valence-electron chi connectivity index (χ1n) is 8.84. The van der Waals surface area contributed by atoms with Crippen molar-refractivity contribution in [2.75, 3.05) is 82.6 Å². The molecule has 0 aliphatic heterocycles. The van der Waals surface area contributed by atoms with E-state index in [0.29, 0.717) is 0 Å². The average Bonchev–Trinajstić information content (AvgIpc) is 2.39. The third-order valence-electron chi connectivity index (χ3n) is 2.42. The molecule has 26 heavy (non-hydrogen) atoms. The quantitative estimate of drug-likeness (QED) is 0.397. The Labute approximate surface area is 235 Å². The molecule has 0 heterocycles. The number of hydrogen-bond acceptors (Lipinski definition) is 4. The van der Waals surface area contributed by atoms with E-state index in [2.05, 4.69) is 47.3 Å². The third kappa shape index (κ3) is 81.8. The Bertz CT molecular complexity index is 153. The van der Waals surface area contributed by atoms with Crippen LogP contribution in [0, 0.1) is 27.7 Å². The summed E-state index contributed by atoms with van der Waals surface area (Å²) in [5, 5.41) is 0. The second kappa shape index (κ2) is 38.2. The monoisotopic (exact) mass is 472 g/mol. The molecule has 0 unspecified atom stereocenters. The van der Waals surface area contributed by atoms with Gasteiger partial charge in [-0.15, -0.1) is 0 Å². The van der Waals surface area contributed by atoms with E-state index < -0.39 is 0 Å². The molecule has 0 N–H and O–H groups in total. The van der Waals surface area contributed by atoms with Crippen LogP contribution in [0.3, 0.4) is 0 Å². The van der Waals surface area contributed by atoms with Crippen LogP contribution >= 0.6 is 0 Å². The van der Waals surface area contributed by atoms with Crippen molar-refractivity contribution in [3.05, 3.63) is 27.7 Å². The molecular formula is C20H48CaN4Sr. The molecule has 0 atom stereocenters. The number of nitrogens with zero attached hydrogens (tertiary/aromatic N) is 4. The molecule has 0 aliphatic carbocycles. The van der Waals surface area contributed by atoms with E-state index in [1.54, 1.807) is 0 Å². The molecule has 152 valence electrons. The van der Waals surface area contributed by atoms with Gasteiger partial charge >= 0.3 is 83.2 Å². The van der Waals surface area contributed by atoms with Gasteiger partial charge in [0.2, 0.25) is 0 Å². The molecule has 0 aliphatic rings. The second-order valence-electron chi connectivity index (χ2n) is 6.63. The first-order valence-corrected chi connectivity index (χ1v) is 8.84. The summed E-state index contributed by atoms with van der Waals surface area (Å²) in [5.41, 5.74) is 0.